The smallest absolute Gasteiger partial charge is 0.175 e. The van der Waals surface area contributed by atoms with E-state index in [1.807, 2.05) is 0 Å². The predicted octanol–water partition coefficient (Wildman–Crippen LogP) is 3.17. The minimum Gasteiger partial charge on any atom is -0.254 e. The third kappa shape index (κ3) is 4.42. The monoisotopic (exact) mass is 314 g/mol. The third-order valence-corrected chi connectivity index (χ3v) is 6.52. The quantitative estimate of drug-likeness (QED) is 0.810. The Balaban J connectivity index is 1.85. The maximum Gasteiger partial charge on any atom is 0.175 e. The second-order valence-corrected chi connectivity index (χ2v) is 9.17. The van der Waals surface area contributed by atoms with Crippen molar-refractivity contribution in [3.8, 4) is 0 Å². The average molecular weight is 314 g/mol. The first kappa shape index (κ1) is 15.7. The van der Waals surface area contributed by atoms with Crippen LogP contribution in [0.4, 0.5) is 0 Å². The van der Waals surface area contributed by atoms with E-state index < -0.39 is 20.6 Å². The molecule has 0 bridgehead atoms. The van der Waals surface area contributed by atoms with Gasteiger partial charge in [-0.1, -0.05) is 25.7 Å². The maximum absolute atomic E-state index is 12.1. The Morgan fingerprint density at radius 1 is 1.15 bits per heavy atom. The van der Waals surface area contributed by atoms with E-state index in [9.17, 15) is 12.6 Å². The summed E-state index contributed by atoms with van der Waals surface area (Å²) < 4.78 is 34.9. The Morgan fingerprint density at radius 2 is 1.75 bits per heavy atom. The highest BCUT2D eigenvalue weighted by Crippen LogP contribution is 2.28. The SMILES string of the molecule is CS(=O)(=O)c1ccc(S(=O)CCCC2CCCC2)cc1. The van der Waals surface area contributed by atoms with Gasteiger partial charge in [0.05, 0.1) is 15.7 Å². The zero-order valence-electron chi connectivity index (χ0n) is 11.9. The summed E-state index contributed by atoms with van der Waals surface area (Å²) in [7, 11) is -4.19. The second-order valence-electron chi connectivity index (χ2n) is 5.59. The topological polar surface area (TPSA) is 51.2 Å². The van der Waals surface area contributed by atoms with Crippen LogP contribution < -0.4 is 0 Å². The highest BCUT2D eigenvalue weighted by Gasteiger charge is 2.15. The lowest BCUT2D eigenvalue weighted by molar-refractivity contribution is 0.497. The molecule has 0 N–H and O–H groups in total. The molecule has 0 aliphatic heterocycles. The van der Waals surface area contributed by atoms with Gasteiger partial charge in [-0.05, 0) is 43.0 Å². The van der Waals surface area contributed by atoms with E-state index in [0.29, 0.717) is 5.75 Å². The van der Waals surface area contributed by atoms with Crippen molar-refractivity contribution in [1.82, 2.24) is 0 Å². The largest absolute Gasteiger partial charge is 0.254 e. The molecule has 20 heavy (non-hydrogen) atoms. The van der Waals surface area contributed by atoms with Crippen LogP contribution >= 0.6 is 0 Å². The van der Waals surface area contributed by atoms with Crippen LogP contribution in [0, 0.1) is 5.92 Å². The van der Waals surface area contributed by atoms with Gasteiger partial charge in [-0.15, -0.1) is 0 Å². The molecule has 2 rings (SSSR count). The van der Waals surface area contributed by atoms with Gasteiger partial charge in [0, 0.05) is 16.9 Å². The van der Waals surface area contributed by atoms with Crippen LogP contribution in [-0.4, -0.2) is 24.6 Å². The summed E-state index contributed by atoms with van der Waals surface area (Å²) in [5, 5.41) is 0. The zero-order chi connectivity index (χ0) is 14.6. The van der Waals surface area contributed by atoms with E-state index in [4.69, 9.17) is 0 Å². The highest BCUT2D eigenvalue weighted by atomic mass is 32.2. The molecule has 1 atom stereocenters. The minimum atomic E-state index is -3.17. The predicted molar refractivity (Wildman–Crippen MR) is 82.0 cm³/mol. The van der Waals surface area contributed by atoms with E-state index >= 15 is 0 Å². The van der Waals surface area contributed by atoms with Gasteiger partial charge < -0.3 is 0 Å². The lowest BCUT2D eigenvalue weighted by Crippen LogP contribution is -2.02. The summed E-state index contributed by atoms with van der Waals surface area (Å²) in [5.74, 6) is 1.51. The number of hydrogen-bond donors (Lipinski definition) is 0. The van der Waals surface area contributed by atoms with Gasteiger partial charge in [0.1, 0.15) is 0 Å². The molecule has 1 fully saturated rings. The first-order chi connectivity index (χ1) is 9.47. The Hall–Kier alpha value is -0.680. The molecule has 0 amide bonds. The van der Waals surface area contributed by atoms with Crippen molar-refractivity contribution in [3.05, 3.63) is 24.3 Å². The number of benzene rings is 1. The van der Waals surface area contributed by atoms with Crippen molar-refractivity contribution in [3.63, 3.8) is 0 Å². The van der Waals surface area contributed by atoms with E-state index in [0.717, 1.165) is 17.2 Å². The molecule has 1 aliphatic rings. The Morgan fingerprint density at radius 3 is 2.30 bits per heavy atom. The van der Waals surface area contributed by atoms with Crippen molar-refractivity contribution < 1.29 is 12.6 Å². The molecule has 1 aromatic rings. The van der Waals surface area contributed by atoms with Crippen LogP contribution in [0.5, 0.6) is 0 Å². The first-order valence-corrected chi connectivity index (χ1v) is 10.4. The van der Waals surface area contributed by atoms with Crippen molar-refractivity contribution in [2.75, 3.05) is 12.0 Å². The second kappa shape index (κ2) is 6.85. The summed E-state index contributed by atoms with van der Waals surface area (Å²) in [5.41, 5.74) is 0. The molecular weight excluding hydrogens is 292 g/mol. The molecule has 0 aromatic heterocycles. The molecule has 0 heterocycles. The summed E-state index contributed by atoms with van der Waals surface area (Å²) in [4.78, 5) is 1.01. The normalized spacial score (nSPS) is 18.2. The van der Waals surface area contributed by atoms with Crippen LogP contribution in [0.25, 0.3) is 0 Å². The van der Waals surface area contributed by atoms with E-state index in [1.165, 1.54) is 38.4 Å². The molecule has 0 radical (unpaired) electrons. The van der Waals surface area contributed by atoms with Crippen LogP contribution in [0.3, 0.4) is 0 Å². The minimum absolute atomic E-state index is 0.282. The number of rotatable bonds is 6. The average Bonchev–Trinajstić information content (AvgIpc) is 2.91. The van der Waals surface area contributed by atoms with E-state index in [-0.39, 0.29) is 4.90 Å². The molecular formula is C15H22O3S2. The molecule has 3 nitrogen and oxygen atoms in total. The molecule has 1 unspecified atom stereocenters. The molecule has 1 saturated carbocycles. The van der Waals surface area contributed by atoms with Gasteiger partial charge in [0.15, 0.2) is 9.84 Å². The Kier molecular flexibility index (Phi) is 5.38. The number of sulfone groups is 1. The van der Waals surface area contributed by atoms with Gasteiger partial charge in [0.25, 0.3) is 0 Å². The van der Waals surface area contributed by atoms with Gasteiger partial charge in [0.2, 0.25) is 0 Å². The standard InChI is InChI=1S/C15H22O3S2/c1-20(17,18)15-10-8-14(9-11-15)19(16)12-4-7-13-5-2-3-6-13/h8-11,13H,2-7,12H2,1H3. The molecule has 0 spiro atoms. The van der Waals surface area contributed by atoms with Crippen molar-refractivity contribution >= 4 is 20.6 Å². The fourth-order valence-corrected chi connectivity index (χ4v) is 4.49. The Labute approximate surface area is 124 Å². The fourth-order valence-electron chi connectivity index (χ4n) is 2.76. The molecule has 112 valence electrons. The van der Waals surface area contributed by atoms with Crippen molar-refractivity contribution in [2.45, 2.75) is 48.3 Å². The summed E-state index contributed by atoms with van der Waals surface area (Å²) >= 11 is 0. The zero-order valence-corrected chi connectivity index (χ0v) is 13.5. The first-order valence-electron chi connectivity index (χ1n) is 7.15. The molecule has 0 saturated heterocycles. The molecule has 1 aliphatic carbocycles. The van der Waals surface area contributed by atoms with Crippen molar-refractivity contribution in [1.29, 1.82) is 0 Å². The lowest BCUT2D eigenvalue weighted by Gasteiger charge is -2.08. The number of hydrogen-bond acceptors (Lipinski definition) is 3. The van der Waals surface area contributed by atoms with Crippen molar-refractivity contribution in [2.24, 2.45) is 5.92 Å². The van der Waals surface area contributed by atoms with Crippen LogP contribution in [-0.2, 0) is 20.6 Å². The Bertz CT molecular complexity index is 555. The molecule has 1 aromatic carbocycles. The summed E-state index contributed by atoms with van der Waals surface area (Å²) in [6.45, 7) is 0. The highest BCUT2D eigenvalue weighted by molar-refractivity contribution is 7.90. The van der Waals surface area contributed by atoms with E-state index in [2.05, 4.69) is 0 Å². The fraction of sp³-hybridized carbons (Fsp3) is 0.600. The molecule has 5 heteroatoms. The van der Waals surface area contributed by atoms with Gasteiger partial charge in [-0.25, -0.2) is 8.42 Å². The van der Waals surface area contributed by atoms with Crippen LogP contribution in [0.2, 0.25) is 0 Å². The third-order valence-electron chi connectivity index (χ3n) is 3.93. The van der Waals surface area contributed by atoms with Crippen LogP contribution in [0.15, 0.2) is 34.1 Å². The van der Waals surface area contributed by atoms with Gasteiger partial charge >= 0.3 is 0 Å². The van der Waals surface area contributed by atoms with Gasteiger partial charge in [-0.2, -0.15) is 0 Å². The maximum atomic E-state index is 12.1. The summed E-state index contributed by atoms with van der Waals surface area (Å²) in [6.07, 6.45) is 8.70. The lowest BCUT2D eigenvalue weighted by atomic mass is 10.0. The van der Waals surface area contributed by atoms with E-state index in [1.54, 1.807) is 24.3 Å². The summed E-state index contributed by atoms with van der Waals surface area (Å²) in [6, 6.07) is 6.42. The van der Waals surface area contributed by atoms with Crippen LogP contribution in [0.1, 0.15) is 38.5 Å². The van der Waals surface area contributed by atoms with Gasteiger partial charge in [-0.3, -0.25) is 4.21 Å².